The van der Waals surface area contributed by atoms with E-state index in [0.29, 0.717) is 39.1 Å². The Bertz CT molecular complexity index is 913. The number of ether oxygens (including phenoxy) is 1. The molecule has 4 atom stereocenters. The van der Waals surface area contributed by atoms with E-state index in [0.717, 1.165) is 11.1 Å². The van der Waals surface area contributed by atoms with Gasteiger partial charge < -0.3 is 19.9 Å². The first-order valence-corrected chi connectivity index (χ1v) is 10.2. The summed E-state index contributed by atoms with van der Waals surface area (Å²) < 4.78 is 6.22. The van der Waals surface area contributed by atoms with Crippen LogP contribution in [0.4, 0.5) is 0 Å². The molecule has 0 radical (unpaired) electrons. The summed E-state index contributed by atoms with van der Waals surface area (Å²) in [5.74, 6) is -1.12. The summed E-state index contributed by atoms with van der Waals surface area (Å²) in [4.78, 5) is 41.9. The quantitative estimate of drug-likeness (QED) is 0.762. The number of amides is 3. The summed E-state index contributed by atoms with van der Waals surface area (Å²) in [5, 5.41) is 2.79. The molecule has 0 saturated carbocycles. The van der Waals surface area contributed by atoms with Crippen molar-refractivity contribution < 1.29 is 19.1 Å². The number of likely N-dealkylation sites (tertiary alicyclic amines) is 1. The molecule has 2 unspecified atom stereocenters. The van der Waals surface area contributed by atoms with Gasteiger partial charge in [0.15, 0.2) is 0 Å². The summed E-state index contributed by atoms with van der Waals surface area (Å²) in [7, 11) is 0. The van der Waals surface area contributed by atoms with Crippen LogP contribution < -0.4 is 5.32 Å². The number of nitrogens with zero attached hydrogens (tertiary/aromatic N) is 2. The van der Waals surface area contributed by atoms with Crippen molar-refractivity contribution in [1.29, 1.82) is 0 Å². The van der Waals surface area contributed by atoms with Gasteiger partial charge in [-0.15, -0.1) is 0 Å². The van der Waals surface area contributed by atoms with E-state index in [1.807, 2.05) is 42.2 Å². The fraction of sp³-hybridized carbons (Fsp3) is 0.500. The zero-order chi connectivity index (χ0) is 20.2. The van der Waals surface area contributed by atoms with Crippen molar-refractivity contribution in [1.82, 2.24) is 15.1 Å². The lowest BCUT2D eigenvalue weighted by molar-refractivity contribution is -0.143. The van der Waals surface area contributed by atoms with E-state index in [1.165, 1.54) is 0 Å². The molecule has 4 heterocycles. The monoisotopic (exact) mass is 395 g/mol. The average molecular weight is 395 g/mol. The van der Waals surface area contributed by atoms with Crippen LogP contribution in [0.15, 0.2) is 36.4 Å². The molecule has 152 valence electrons. The van der Waals surface area contributed by atoms with Crippen molar-refractivity contribution in [2.45, 2.75) is 31.6 Å². The normalized spacial score (nSPS) is 33.1. The van der Waals surface area contributed by atoms with E-state index in [9.17, 15) is 14.4 Å². The number of rotatable bonds is 3. The van der Waals surface area contributed by atoms with Gasteiger partial charge in [0, 0.05) is 32.6 Å². The number of aryl methyl sites for hydroxylation is 1. The Labute approximate surface area is 169 Å². The summed E-state index contributed by atoms with van der Waals surface area (Å²) in [6.45, 7) is 4.33. The highest BCUT2D eigenvalue weighted by Gasteiger charge is 2.67. The molecule has 1 spiro atoms. The maximum Gasteiger partial charge on any atom is 0.230 e. The van der Waals surface area contributed by atoms with Crippen LogP contribution in [-0.2, 0) is 25.7 Å². The number of hydrogen-bond donors (Lipinski definition) is 1. The molecule has 0 aliphatic carbocycles. The molecule has 3 amide bonds. The Hall–Kier alpha value is -2.67. The average Bonchev–Trinajstić information content (AvgIpc) is 3.26. The van der Waals surface area contributed by atoms with E-state index >= 15 is 0 Å². The van der Waals surface area contributed by atoms with Gasteiger partial charge in [-0.1, -0.05) is 42.0 Å². The van der Waals surface area contributed by atoms with Crippen molar-refractivity contribution in [3.8, 4) is 0 Å². The molecular weight excluding hydrogens is 370 g/mol. The molecule has 1 N–H and O–H groups in total. The highest BCUT2D eigenvalue weighted by molar-refractivity contribution is 5.93. The molecule has 0 aromatic heterocycles. The molecule has 29 heavy (non-hydrogen) atoms. The fourth-order valence-electron chi connectivity index (χ4n) is 5.22. The molecule has 7 heteroatoms. The summed E-state index contributed by atoms with van der Waals surface area (Å²) in [5.41, 5.74) is 1.53. The van der Waals surface area contributed by atoms with Crippen LogP contribution in [0.5, 0.6) is 0 Å². The number of hydrogen-bond acceptors (Lipinski definition) is 4. The number of benzene rings is 1. The minimum atomic E-state index is -0.703. The van der Waals surface area contributed by atoms with Gasteiger partial charge in [0.25, 0.3) is 0 Å². The number of carbonyl (C=O) groups is 3. The maximum absolute atomic E-state index is 13.4. The molecule has 7 nitrogen and oxygen atoms in total. The molecule has 3 fully saturated rings. The van der Waals surface area contributed by atoms with Gasteiger partial charge in [-0.2, -0.15) is 0 Å². The Balaban J connectivity index is 1.38. The minimum Gasteiger partial charge on any atom is -0.360 e. The van der Waals surface area contributed by atoms with Gasteiger partial charge in [0.2, 0.25) is 17.7 Å². The molecule has 3 saturated heterocycles. The van der Waals surface area contributed by atoms with Crippen LogP contribution in [0.1, 0.15) is 17.5 Å². The summed E-state index contributed by atoms with van der Waals surface area (Å²) >= 11 is 0. The van der Waals surface area contributed by atoms with Crippen molar-refractivity contribution in [2.24, 2.45) is 11.8 Å². The Morgan fingerprint density at radius 2 is 2.17 bits per heavy atom. The largest absolute Gasteiger partial charge is 0.360 e. The predicted molar refractivity (Wildman–Crippen MR) is 105 cm³/mol. The zero-order valence-corrected chi connectivity index (χ0v) is 16.5. The topological polar surface area (TPSA) is 79.0 Å². The van der Waals surface area contributed by atoms with Crippen LogP contribution >= 0.6 is 0 Å². The summed E-state index contributed by atoms with van der Waals surface area (Å²) in [6, 6.07) is 8.13. The first kappa shape index (κ1) is 18.4. The number of fused-ring (bicyclic) bond motifs is 1. The van der Waals surface area contributed by atoms with Crippen molar-refractivity contribution in [2.75, 3.05) is 26.2 Å². The van der Waals surface area contributed by atoms with Gasteiger partial charge in [0.05, 0.1) is 24.5 Å². The third-order valence-corrected chi connectivity index (χ3v) is 6.54. The molecular formula is C22H25N3O4. The van der Waals surface area contributed by atoms with Gasteiger partial charge in [-0.25, -0.2) is 0 Å². The van der Waals surface area contributed by atoms with E-state index < -0.39 is 17.4 Å². The van der Waals surface area contributed by atoms with Gasteiger partial charge in [-0.05, 0) is 12.5 Å². The van der Waals surface area contributed by atoms with Crippen LogP contribution in [-0.4, -0.2) is 65.4 Å². The second-order valence-electron chi connectivity index (χ2n) is 8.51. The number of nitrogens with one attached hydrogen (secondary N) is 1. The van der Waals surface area contributed by atoms with Crippen molar-refractivity contribution >= 4 is 17.7 Å². The second-order valence-corrected chi connectivity index (χ2v) is 8.51. The van der Waals surface area contributed by atoms with E-state index in [1.54, 1.807) is 4.90 Å². The van der Waals surface area contributed by atoms with Crippen LogP contribution in [0.3, 0.4) is 0 Å². The lowest BCUT2D eigenvalue weighted by Gasteiger charge is -2.29. The van der Waals surface area contributed by atoms with Crippen LogP contribution in [0, 0.1) is 18.8 Å². The van der Waals surface area contributed by atoms with Crippen molar-refractivity contribution in [3.05, 3.63) is 47.5 Å². The zero-order valence-electron chi connectivity index (χ0n) is 16.5. The Kier molecular flexibility index (Phi) is 4.24. The van der Waals surface area contributed by atoms with Crippen molar-refractivity contribution in [3.63, 3.8) is 0 Å². The molecule has 1 aromatic carbocycles. The smallest absolute Gasteiger partial charge is 0.230 e. The third kappa shape index (κ3) is 2.95. The lowest BCUT2D eigenvalue weighted by Crippen LogP contribution is -2.47. The van der Waals surface area contributed by atoms with E-state index in [-0.39, 0.29) is 23.8 Å². The molecule has 2 bridgehead atoms. The van der Waals surface area contributed by atoms with Crippen LogP contribution in [0.25, 0.3) is 0 Å². The first-order valence-electron chi connectivity index (χ1n) is 10.2. The van der Waals surface area contributed by atoms with Crippen LogP contribution in [0.2, 0.25) is 0 Å². The minimum absolute atomic E-state index is 0.0132. The summed E-state index contributed by atoms with van der Waals surface area (Å²) in [6.07, 6.45) is 3.85. The molecule has 4 aliphatic rings. The third-order valence-electron chi connectivity index (χ3n) is 6.54. The Morgan fingerprint density at radius 1 is 1.31 bits per heavy atom. The lowest BCUT2D eigenvalue weighted by atomic mass is 9.76. The Morgan fingerprint density at radius 3 is 3.00 bits per heavy atom. The molecule has 1 aromatic rings. The van der Waals surface area contributed by atoms with Gasteiger partial charge in [-0.3, -0.25) is 14.4 Å². The second kappa shape index (κ2) is 6.69. The van der Waals surface area contributed by atoms with Gasteiger partial charge in [0.1, 0.15) is 5.60 Å². The predicted octanol–water partition coefficient (Wildman–Crippen LogP) is 0.626. The number of carbonyl (C=O) groups excluding carboxylic acids is 3. The highest BCUT2D eigenvalue weighted by Crippen LogP contribution is 2.52. The van der Waals surface area contributed by atoms with E-state index in [2.05, 4.69) is 11.4 Å². The van der Waals surface area contributed by atoms with E-state index in [4.69, 9.17) is 4.74 Å². The highest BCUT2D eigenvalue weighted by atomic mass is 16.5. The first-order chi connectivity index (χ1) is 14.0. The molecule has 5 rings (SSSR count). The fourth-order valence-corrected chi connectivity index (χ4v) is 5.22. The van der Waals surface area contributed by atoms with Gasteiger partial charge >= 0.3 is 0 Å². The molecule has 4 aliphatic heterocycles. The SMILES string of the molecule is Cc1cccc(CN2C[C@]34C=C[C@H](O3)C(C(=O)N3CCNC(=O)CC3)C4C2=O)c1. The standard InChI is InChI=1S/C22H25N3O4/c1-14-3-2-4-15(11-14)12-25-13-22-7-5-16(29-22)18(19(22)21(25)28)20(27)24-9-6-17(26)23-8-10-24/h2-5,7,11,16,18-19H,6,8-10,12-13H2,1H3,(H,23,26)/t16-,18?,19?,22-/m0/s1. The maximum atomic E-state index is 13.4.